The highest BCUT2D eigenvalue weighted by Gasteiger charge is 2.23. The minimum Gasteiger partial charge on any atom is -0.466 e. The van der Waals surface area contributed by atoms with Crippen LogP contribution in [0.1, 0.15) is 29.3 Å². The molecule has 98 valence electrons. The Morgan fingerprint density at radius 3 is 2.39 bits per heavy atom. The molecule has 0 aliphatic carbocycles. The van der Waals surface area contributed by atoms with E-state index in [-0.39, 0.29) is 12.7 Å². The molecule has 0 aromatic heterocycles. The Kier molecular flexibility index (Phi) is 4.47. The SMILES string of the molecule is CCOC(=O)CC(=O)c1c(F)cc(F)c(F)c1C. The van der Waals surface area contributed by atoms with E-state index in [0.717, 1.165) is 6.92 Å². The molecule has 0 atom stereocenters. The van der Waals surface area contributed by atoms with Gasteiger partial charge in [-0.2, -0.15) is 0 Å². The summed E-state index contributed by atoms with van der Waals surface area (Å²) in [5.41, 5.74) is -1.08. The highest BCUT2D eigenvalue weighted by molar-refractivity contribution is 6.06. The van der Waals surface area contributed by atoms with Crippen molar-refractivity contribution in [3.8, 4) is 0 Å². The van der Waals surface area contributed by atoms with Gasteiger partial charge in [-0.3, -0.25) is 9.59 Å². The Balaban J connectivity index is 3.07. The number of halogens is 3. The molecule has 0 aliphatic heterocycles. The lowest BCUT2D eigenvalue weighted by atomic mass is 10.0. The van der Waals surface area contributed by atoms with Gasteiger partial charge in [0.15, 0.2) is 17.4 Å². The molecule has 6 heteroatoms. The molecule has 1 aromatic rings. The van der Waals surface area contributed by atoms with E-state index in [4.69, 9.17) is 0 Å². The molecule has 1 rings (SSSR count). The van der Waals surface area contributed by atoms with E-state index in [9.17, 15) is 22.8 Å². The molecule has 0 unspecified atom stereocenters. The van der Waals surface area contributed by atoms with Crippen LogP contribution in [0.2, 0.25) is 0 Å². The van der Waals surface area contributed by atoms with Crippen molar-refractivity contribution in [1.29, 1.82) is 0 Å². The lowest BCUT2D eigenvalue weighted by Gasteiger charge is -2.08. The molecule has 0 spiro atoms. The van der Waals surface area contributed by atoms with Gasteiger partial charge in [0.25, 0.3) is 0 Å². The third kappa shape index (κ3) is 2.88. The molecular formula is C12H11F3O3. The number of carbonyl (C=O) groups excluding carboxylic acids is 2. The molecule has 0 N–H and O–H groups in total. The Morgan fingerprint density at radius 2 is 1.83 bits per heavy atom. The van der Waals surface area contributed by atoms with E-state index >= 15 is 0 Å². The first-order valence-electron chi connectivity index (χ1n) is 5.21. The van der Waals surface area contributed by atoms with Crippen molar-refractivity contribution < 1.29 is 27.5 Å². The molecule has 1 aromatic carbocycles. The molecule has 18 heavy (non-hydrogen) atoms. The lowest BCUT2D eigenvalue weighted by molar-refractivity contribution is -0.141. The van der Waals surface area contributed by atoms with E-state index in [2.05, 4.69) is 4.74 Å². The Morgan fingerprint density at radius 1 is 1.22 bits per heavy atom. The number of esters is 1. The second-order valence-electron chi connectivity index (χ2n) is 3.56. The minimum absolute atomic E-state index is 0.0748. The summed E-state index contributed by atoms with van der Waals surface area (Å²) in [4.78, 5) is 22.7. The van der Waals surface area contributed by atoms with Gasteiger partial charge in [0.1, 0.15) is 12.2 Å². The molecule has 0 amide bonds. The van der Waals surface area contributed by atoms with E-state index in [0.29, 0.717) is 0 Å². The first-order valence-corrected chi connectivity index (χ1v) is 5.21. The summed E-state index contributed by atoms with van der Waals surface area (Å²) < 4.78 is 44.0. The maximum absolute atomic E-state index is 13.4. The van der Waals surface area contributed by atoms with Gasteiger partial charge in [0, 0.05) is 11.6 Å². The Labute approximate surface area is 102 Å². The number of hydrogen-bond donors (Lipinski definition) is 0. The third-order valence-electron chi connectivity index (χ3n) is 2.30. The summed E-state index contributed by atoms with van der Waals surface area (Å²) in [6.07, 6.45) is -0.712. The van der Waals surface area contributed by atoms with Gasteiger partial charge in [-0.1, -0.05) is 0 Å². The summed E-state index contributed by atoms with van der Waals surface area (Å²) >= 11 is 0. The molecule has 0 heterocycles. The lowest BCUT2D eigenvalue weighted by Crippen LogP contribution is -2.15. The average molecular weight is 260 g/mol. The molecule has 0 saturated carbocycles. The van der Waals surface area contributed by atoms with Crippen LogP contribution < -0.4 is 0 Å². The maximum Gasteiger partial charge on any atom is 0.313 e. The van der Waals surface area contributed by atoms with Crippen LogP contribution in [0.25, 0.3) is 0 Å². The standard InChI is InChI=1S/C12H11F3O3/c1-3-18-10(17)5-9(16)11-6(2)12(15)8(14)4-7(11)13/h4H,3,5H2,1-2H3. The van der Waals surface area contributed by atoms with E-state index in [1.807, 2.05) is 0 Å². The molecule has 0 aliphatic rings. The second-order valence-corrected chi connectivity index (χ2v) is 3.56. The summed E-state index contributed by atoms with van der Waals surface area (Å²) in [6.45, 7) is 2.69. The van der Waals surface area contributed by atoms with Crippen LogP contribution in [0.5, 0.6) is 0 Å². The smallest absolute Gasteiger partial charge is 0.313 e. The van der Waals surface area contributed by atoms with E-state index < -0.39 is 46.8 Å². The van der Waals surface area contributed by atoms with Gasteiger partial charge >= 0.3 is 5.97 Å². The molecule has 3 nitrogen and oxygen atoms in total. The summed E-state index contributed by atoms with van der Waals surface area (Å²) in [7, 11) is 0. The van der Waals surface area contributed by atoms with Gasteiger partial charge in [-0.25, -0.2) is 13.2 Å². The fourth-order valence-electron chi connectivity index (χ4n) is 1.49. The number of ketones is 1. The third-order valence-corrected chi connectivity index (χ3v) is 2.30. The average Bonchev–Trinajstić information content (AvgIpc) is 2.26. The first-order chi connectivity index (χ1) is 8.38. The van der Waals surface area contributed by atoms with Crippen molar-refractivity contribution >= 4 is 11.8 Å². The number of Topliss-reactive ketones (excluding diaryl/α,β-unsaturated/α-hetero) is 1. The van der Waals surface area contributed by atoms with Crippen molar-refractivity contribution in [1.82, 2.24) is 0 Å². The summed E-state index contributed by atoms with van der Waals surface area (Å²) in [5.74, 6) is -5.66. The van der Waals surface area contributed by atoms with Crippen molar-refractivity contribution in [2.45, 2.75) is 20.3 Å². The van der Waals surface area contributed by atoms with Gasteiger partial charge < -0.3 is 4.74 Å². The number of rotatable bonds is 4. The molecule has 0 bridgehead atoms. The predicted molar refractivity (Wildman–Crippen MR) is 56.6 cm³/mol. The van der Waals surface area contributed by atoms with Crippen molar-refractivity contribution in [3.05, 3.63) is 34.6 Å². The van der Waals surface area contributed by atoms with Crippen LogP contribution in [0, 0.1) is 24.4 Å². The topological polar surface area (TPSA) is 43.4 Å². The minimum atomic E-state index is -1.38. The van der Waals surface area contributed by atoms with Crippen molar-refractivity contribution in [2.24, 2.45) is 0 Å². The van der Waals surface area contributed by atoms with Gasteiger partial charge in [0.05, 0.1) is 12.2 Å². The summed E-state index contributed by atoms with van der Waals surface area (Å²) in [5, 5.41) is 0. The molecule has 0 fully saturated rings. The molecule has 0 saturated heterocycles. The van der Waals surface area contributed by atoms with E-state index in [1.54, 1.807) is 6.92 Å². The highest BCUT2D eigenvalue weighted by Crippen LogP contribution is 2.21. The monoisotopic (exact) mass is 260 g/mol. The van der Waals surface area contributed by atoms with Crippen LogP contribution in [0.4, 0.5) is 13.2 Å². The quantitative estimate of drug-likeness (QED) is 0.361. The largest absolute Gasteiger partial charge is 0.466 e. The van der Waals surface area contributed by atoms with E-state index in [1.165, 1.54) is 0 Å². The second kappa shape index (κ2) is 5.66. The zero-order valence-electron chi connectivity index (χ0n) is 9.85. The van der Waals surface area contributed by atoms with Gasteiger partial charge in [-0.15, -0.1) is 0 Å². The Bertz CT molecular complexity index is 498. The number of ether oxygens (including phenoxy) is 1. The number of hydrogen-bond acceptors (Lipinski definition) is 3. The first kappa shape index (κ1) is 14.2. The van der Waals surface area contributed by atoms with Crippen LogP contribution in [0.3, 0.4) is 0 Å². The van der Waals surface area contributed by atoms with Gasteiger partial charge in [-0.05, 0) is 13.8 Å². The Hall–Kier alpha value is -1.85. The zero-order valence-corrected chi connectivity index (χ0v) is 9.85. The maximum atomic E-state index is 13.4. The zero-order chi connectivity index (χ0) is 13.9. The van der Waals surface area contributed by atoms with Crippen LogP contribution in [-0.4, -0.2) is 18.4 Å². The number of carbonyl (C=O) groups is 2. The highest BCUT2D eigenvalue weighted by atomic mass is 19.2. The predicted octanol–water partition coefficient (Wildman–Crippen LogP) is 2.55. The van der Waals surface area contributed by atoms with Crippen LogP contribution in [0.15, 0.2) is 6.07 Å². The van der Waals surface area contributed by atoms with Crippen molar-refractivity contribution in [3.63, 3.8) is 0 Å². The summed E-state index contributed by atoms with van der Waals surface area (Å²) in [6, 6.07) is 0.278. The van der Waals surface area contributed by atoms with Crippen molar-refractivity contribution in [2.75, 3.05) is 6.61 Å². The molecule has 0 radical (unpaired) electrons. The number of benzene rings is 1. The fourth-order valence-corrected chi connectivity index (χ4v) is 1.49. The van der Waals surface area contributed by atoms with Gasteiger partial charge in [0.2, 0.25) is 0 Å². The molecular weight excluding hydrogens is 249 g/mol. The normalized spacial score (nSPS) is 10.3. The van der Waals surface area contributed by atoms with Crippen LogP contribution >= 0.6 is 0 Å². The van der Waals surface area contributed by atoms with Crippen LogP contribution in [-0.2, 0) is 9.53 Å². The fraction of sp³-hybridized carbons (Fsp3) is 0.333.